The largest absolute Gasteiger partial charge is 0.479 e. The highest BCUT2D eigenvalue weighted by molar-refractivity contribution is 14.1. The molecule has 2 aromatic rings. The van der Waals surface area contributed by atoms with Crippen molar-refractivity contribution in [2.24, 2.45) is 0 Å². The van der Waals surface area contributed by atoms with Gasteiger partial charge in [0.1, 0.15) is 5.75 Å². The Kier molecular flexibility index (Phi) is 6.20. The average Bonchev–Trinajstić information content (AvgIpc) is 2.47. The molecule has 2 aromatic carbocycles. The molecule has 0 saturated heterocycles. The van der Waals surface area contributed by atoms with Gasteiger partial charge in [0, 0.05) is 15.3 Å². The maximum atomic E-state index is 12.1. The summed E-state index contributed by atoms with van der Waals surface area (Å²) in [7, 11) is 0. The van der Waals surface area contributed by atoms with Crippen molar-refractivity contribution in [1.82, 2.24) is 0 Å². The molecule has 1 atom stereocenters. The SMILES string of the molecule is C[C@H](Oc1cc(Cl)c(Cl)cc1Cl)C(=O)Nc1ccc(I)cc1. The highest BCUT2D eigenvalue weighted by Gasteiger charge is 2.17. The standard InChI is InChI=1S/C15H11Cl3INO2/c1-8(15(21)20-10-4-2-9(19)3-5-10)22-14-7-12(17)11(16)6-13(14)18/h2-8H,1H3,(H,20,21)/t8-/m0/s1. The van der Waals surface area contributed by atoms with Gasteiger partial charge in [0.15, 0.2) is 6.10 Å². The zero-order chi connectivity index (χ0) is 16.3. The lowest BCUT2D eigenvalue weighted by atomic mass is 10.3. The molecule has 3 nitrogen and oxygen atoms in total. The van der Waals surface area contributed by atoms with Crippen molar-refractivity contribution in [3.8, 4) is 5.75 Å². The fraction of sp³-hybridized carbons (Fsp3) is 0.133. The van der Waals surface area contributed by atoms with E-state index < -0.39 is 6.10 Å². The van der Waals surface area contributed by atoms with Crippen molar-refractivity contribution in [3.63, 3.8) is 0 Å². The second kappa shape index (κ2) is 7.73. The van der Waals surface area contributed by atoms with E-state index in [-0.39, 0.29) is 5.91 Å². The maximum absolute atomic E-state index is 12.1. The van der Waals surface area contributed by atoms with Gasteiger partial charge in [-0.15, -0.1) is 0 Å². The van der Waals surface area contributed by atoms with Crippen molar-refractivity contribution >= 4 is 69.0 Å². The fourth-order valence-electron chi connectivity index (χ4n) is 1.62. The van der Waals surface area contributed by atoms with Gasteiger partial charge in [0.25, 0.3) is 5.91 Å². The van der Waals surface area contributed by atoms with Crippen LogP contribution in [0.15, 0.2) is 36.4 Å². The summed E-state index contributed by atoms with van der Waals surface area (Å²) < 4.78 is 6.64. The van der Waals surface area contributed by atoms with Crippen LogP contribution in [0, 0.1) is 3.57 Å². The van der Waals surface area contributed by atoms with E-state index in [0.29, 0.717) is 26.5 Å². The van der Waals surface area contributed by atoms with E-state index in [1.165, 1.54) is 12.1 Å². The summed E-state index contributed by atoms with van der Waals surface area (Å²) in [4.78, 5) is 12.1. The number of halogens is 4. The van der Waals surface area contributed by atoms with Crippen molar-refractivity contribution in [2.75, 3.05) is 5.32 Å². The molecular formula is C15H11Cl3INO2. The molecule has 1 N–H and O–H groups in total. The number of carbonyl (C=O) groups excluding carboxylic acids is 1. The molecule has 22 heavy (non-hydrogen) atoms. The molecule has 0 fully saturated rings. The molecule has 0 spiro atoms. The average molecular weight is 471 g/mol. The van der Waals surface area contributed by atoms with Crippen LogP contribution >= 0.6 is 57.4 Å². The van der Waals surface area contributed by atoms with Crippen LogP contribution in [0.5, 0.6) is 5.75 Å². The van der Waals surface area contributed by atoms with Crippen molar-refractivity contribution < 1.29 is 9.53 Å². The van der Waals surface area contributed by atoms with Gasteiger partial charge < -0.3 is 10.1 Å². The fourth-order valence-corrected chi connectivity index (χ4v) is 2.56. The summed E-state index contributed by atoms with van der Waals surface area (Å²) >= 11 is 20.0. The quantitative estimate of drug-likeness (QED) is 0.463. The molecule has 0 aliphatic rings. The number of benzene rings is 2. The van der Waals surface area contributed by atoms with Crippen LogP contribution in [-0.4, -0.2) is 12.0 Å². The van der Waals surface area contributed by atoms with Gasteiger partial charge >= 0.3 is 0 Å². The molecule has 0 aliphatic carbocycles. The van der Waals surface area contributed by atoms with Gasteiger partial charge in [-0.3, -0.25) is 4.79 Å². The lowest BCUT2D eigenvalue weighted by Crippen LogP contribution is -2.30. The minimum absolute atomic E-state index is 0.289. The summed E-state index contributed by atoms with van der Waals surface area (Å²) in [6, 6.07) is 10.4. The smallest absolute Gasteiger partial charge is 0.265 e. The third kappa shape index (κ3) is 4.65. The van der Waals surface area contributed by atoms with Crippen LogP contribution < -0.4 is 10.1 Å². The van der Waals surface area contributed by atoms with Crippen LogP contribution in [-0.2, 0) is 4.79 Å². The number of ether oxygens (including phenoxy) is 1. The first-order chi connectivity index (χ1) is 10.4. The summed E-state index contributed by atoms with van der Waals surface area (Å²) in [5.74, 6) is 0.0182. The van der Waals surface area contributed by atoms with E-state index in [9.17, 15) is 4.79 Å². The summed E-state index contributed by atoms with van der Waals surface area (Å²) in [6.07, 6.45) is -0.742. The van der Waals surface area contributed by atoms with Crippen LogP contribution in [0.4, 0.5) is 5.69 Å². The van der Waals surface area contributed by atoms with E-state index in [0.717, 1.165) is 3.57 Å². The normalized spacial score (nSPS) is 11.9. The molecule has 0 unspecified atom stereocenters. The predicted octanol–water partition coefficient (Wildman–Crippen LogP) is 5.66. The highest BCUT2D eigenvalue weighted by Crippen LogP contribution is 2.34. The second-order valence-corrected chi connectivity index (χ2v) is 6.92. The molecule has 2 rings (SSSR count). The number of hydrogen-bond acceptors (Lipinski definition) is 2. The summed E-state index contributed by atoms with van der Waals surface area (Å²) in [6.45, 7) is 1.63. The Balaban J connectivity index is 2.05. The number of hydrogen-bond donors (Lipinski definition) is 1. The first-order valence-corrected chi connectivity index (χ1v) is 8.45. The number of anilines is 1. The van der Waals surface area contributed by atoms with E-state index >= 15 is 0 Å². The number of nitrogens with one attached hydrogen (secondary N) is 1. The van der Waals surface area contributed by atoms with Crippen molar-refractivity contribution in [3.05, 3.63) is 55.0 Å². The van der Waals surface area contributed by atoms with Gasteiger partial charge in [-0.1, -0.05) is 34.8 Å². The van der Waals surface area contributed by atoms with Gasteiger partial charge in [-0.25, -0.2) is 0 Å². The van der Waals surface area contributed by atoms with E-state index in [1.54, 1.807) is 6.92 Å². The molecule has 0 heterocycles. The minimum atomic E-state index is -0.742. The maximum Gasteiger partial charge on any atom is 0.265 e. The topological polar surface area (TPSA) is 38.3 Å². The van der Waals surface area contributed by atoms with E-state index in [1.807, 2.05) is 24.3 Å². The van der Waals surface area contributed by atoms with Gasteiger partial charge in [0.2, 0.25) is 0 Å². The third-order valence-corrected chi connectivity index (χ3v) is 4.50. The Hall–Kier alpha value is -0.690. The zero-order valence-corrected chi connectivity index (χ0v) is 15.8. The molecular weight excluding hydrogens is 459 g/mol. The van der Waals surface area contributed by atoms with Gasteiger partial charge in [-0.05, 0) is 59.8 Å². The monoisotopic (exact) mass is 469 g/mol. The number of amides is 1. The van der Waals surface area contributed by atoms with Gasteiger partial charge in [-0.2, -0.15) is 0 Å². The first kappa shape index (κ1) is 17.7. The lowest BCUT2D eigenvalue weighted by molar-refractivity contribution is -0.122. The van der Waals surface area contributed by atoms with E-state index in [2.05, 4.69) is 27.9 Å². The van der Waals surface area contributed by atoms with E-state index in [4.69, 9.17) is 39.5 Å². The Morgan fingerprint density at radius 1 is 1.09 bits per heavy atom. The van der Waals surface area contributed by atoms with Crippen LogP contribution in [0.3, 0.4) is 0 Å². The Morgan fingerprint density at radius 2 is 1.68 bits per heavy atom. The molecule has 7 heteroatoms. The first-order valence-electron chi connectivity index (χ1n) is 6.24. The molecule has 0 aliphatic heterocycles. The number of rotatable bonds is 4. The third-order valence-electron chi connectivity index (χ3n) is 2.76. The summed E-state index contributed by atoms with van der Waals surface area (Å²) in [5, 5.41) is 3.70. The Morgan fingerprint density at radius 3 is 2.32 bits per heavy atom. The minimum Gasteiger partial charge on any atom is -0.479 e. The van der Waals surface area contributed by atoms with Crippen LogP contribution in [0.2, 0.25) is 15.1 Å². The molecule has 116 valence electrons. The van der Waals surface area contributed by atoms with Gasteiger partial charge in [0.05, 0.1) is 15.1 Å². The van der Waals surface area contributed by atoms with Crippen molar-refractivity contribution in [1.29, 1.82) is 0 Å². The zero-order valence-electron chi connectivity index (χ0n) is 11.4. The molecule has 0 radical (unpaired) electrons. The Labute approximate surface area is 157 Å². The summed E-state index contributed by atoms with van der Waals surface area (Å²) in [5.41, 5.74) is 0.695. The number of carbonyl (C=O) groups is 1. The molecule has 0 aromatic heterocycles. The molecule has 0 saturated carbocycles. The van der Waals surface area contributed by atoms with Crippen LogP contribution in [0.1, 0.15) is 6.92 Å². The second-order valence-electron chi connectivity index (χ2n) is 4.45. The lowest BCUT2D eigenvalue weighted by Gasteiger charge is -2.16. The predicted molar refractivity (Wildman–Crippen MR) is 99.4 cm³/mol. The van der Waals surface area contributed by atoms with Crippen LogP contribution in [0.25, 0.3) is 0 Å². The Bertz CT molecular complexity index is 692. The highest BCUT2D eigenvalue weighted by atomic mass is 127. The van der Waals surface area contributed by atoms with Crippen molar-refractivity contribution in [2.45, 2.75) is 13.0 Å². The molecule has 1 amide bonds. The molecule has 0 bridgehead atoms.